The number of rotatable bonds is 2. The van der Waals surface area contributed by atoms with Crippen molar-refractivity contribution < 1.29 is 27.1 Å². The number of alkyl halides is 4. The van der Waals surface area contributed by atoms with Crippen molar-refractivity contribution >= 4 is 5.97 Å². The fourth-order valence-electron chi connectivity index (χ4n) is 0.252. The average molecular weight is 172 g/mol. The third kappa shape index (κ3) is 3.01. The molecule has 0 aromatic carbocycles. The molecule has 0 aliphatic heterocycles. The van der Waals surface area contributed by atoms with E-state index < -0.39 is 24.6 Å². The van der Waals surface area contributed by atoms with Crippen LogP contribution in [0.25, 0.3) is 0 Å². The normalized spacial score (nSPS) is 10.9. The number of carbonyl (C=O) groups is 1. The molecule has 0 amide bonds. The molecule has 0 heterocycles. The number of hydrogen-bond acceptors (Lipinski definition) is 2. The molecular weight excluding hydrogens is 168 g/mol. The van der Waals surface area contributed by atoms with E-state index in [1.54, 1.807) is 0 Å². The molecular formula is C5H4F4O2. The smallest absolute Gasteiger partial charge is 0.422 e. The van der Waals surface area contributed by atoms with Gasteiger partial charge in [-0.1, -0.05) is 6.58 Å². The molecule has 0 spiro atoms. The molecule has 64 valence electrons. The van der Waals surface area contributed by atoms with Crippen LogP contribution in [0.3, 0.4) is 0 Å². The summed E-state index contributed by atoms with van der Waals surface area (Å²) in [6.07, 6.45) is -4.85. The first kappa shape index (κ1) is 9.93. The van der Waals surface area contributed by atoms with Crippen molar-refractivity contribution in [1.29, 1.82) is 0 Å². The molecule has 0 bridgehead atoms. The number of ether oxygens (including phenoxy) is 1. The summed E-state index contributed by atoms with van der Waals surface area (Å²) < 4.78 is 49.0. The molecule has 0 unspecified atom stereocenters. The Morgan fingerprint density at radius 2 is 1.91 bits per heavy atom. The van der Waals surface area contributed by atoms with E-state index in [0.29, 0.717) is 0 Å². The lowest BCUT2D eigenvalue weighted by atomic mass is 10.3. The number of halogens is 4. The Morgan fingerprint density at radius 3 is 2.18 bits per heavy atom. The summed E-state index contributed by atoms with van der Waals surface area (Å²) in [6, 6.07) is 0. The number of esters is 1. The van der Waals surface area contributed by atoms with E-state index in [9.17, 15) is 22.4 Å². The summed E-state index contributed by atoms with van der Waals surface area (Å²) in [7, 11) is 0. The van der Waals surface area contributed by atoms with Crippen LogP contribution in [0.1, 0.15) is 0 Å². The predicted molar refractivity (Wildman–Crippen MR) is 27.3 cm³/mol. The zero-order chi connectivity index (χ0) is 9.07. The lowest BCUT2D eigenvalue weighted by Gasteiger charge is -2.06. The molecule has 0 fully saturated rings. The van der Waals surface area contributed by atoms with Crippen molar-refractivity contribution in [1.82, 2.24) is 0 Å². The zero-order valence-corrected chi connectivity index (χ0v) is 5.24. The molecule has 0 atom stereocenters. The molecule has 0 radical (unpaired) electrons. The Kier molecular flexibility index (Phi) is 3.03. The number of carbonyl (C=O) groups excluding carboxylic acids is 1. The summed E-state index contributed by atoms with van der Waals surface area (Å²) in [5.74, 6) is -1.79. The predicted octanol–water partition coefficient (Wildman–Crippen LogP) is 1.58. The molecule has 11 heavy (non-hydrogen) atoms. The first-order valence-electron chi connectivity index (χ1n) is 2.38. The molecule has 0 rings (SSSR count). The molecule has 0 saturated heterocycles. The Balaban J connectivity index is 4.15. The van der Waals surface area contributed by atoms with Crippen molar-refractivity contribution in [2.24, 2.45) is 0 Å². The Bertz CT molecular complexity index is 172. The highest BCUT2D eigenvalue weighted by molar-refractivity contribution is 5.89. The van der Waals surface area contributed by atoms with Crippen LogP contribution in [0, 0.1) is 0 Å². The summed E-state index contributed by atoms with van der Waals surface area (Å²) in [5, 5.41) is 0. The van der Waals surface area contributed by atoms with Gasteiger partial charge in [0, 0.05) is 0 Å². The maximum Gasteiger partial charge on any atom is 0.422 e. The second kappa shape index (κ2) is 3.36. The molecule has 0 aliphatic carbocycles. The Labute approximate surface area is 59.4 Å². The summed E-state index contributed by atoms with van der Waals surface area (Å²) >= 11 is 0. The van der Waals surface area contributed by atoms with Crippen LogP contribution in [-0.2, 0) is 9.53 Å². The minimum Gasteiger partial charge on any atom is -0.430 e. The molecule has 6 heteroatoms. The van der Waals surface area contributed by atoms with Gasteiger partial charge >= 0.3 is 12.1 Å². The van der Waals surface area contributed by atoms with E-state index >= 15 is 0 Å². The van der Waals surface area contributed by atoms with Gasteiger partial charge in [0.2, 0.25) is 6.86 Å². The maximum atomic E-state index is 11.5. The summed E-state index contributed by atoms with van der Waals surface area (Å²) in [5.41, 5.74) is -1.71. The van der Waals surface area contributed by atoms with Gasteiger partial charge in [-0.25, -0.2) is 9.18 Å². The quantitative estimate of drug-likeness (QED) is 0.359. The van der Waals surface area contributed by atoms with Crippen LogP contribution in [0.2, 0.25) is 0 Å². The van der Waals surface area contributed by atoms with Crippen molar-refractivity contribution in [3.63, 3.8) is 0 Å². The van der Waals surface area contributed by atoms with E-state index in [1.807, 2.05) is 0 Å². The van der Waals surface area contributed by atoms with Gasteiger partial charge in [-0.2, -0.15) is 13.2 Å². The maximum absolute atomic E-state index is 11.5. The zero-order valence-electron chi connectivity index (χ0n) is 5.24. The highest BCUT2D eigenvalue weighted by Crippen LogP contribution is 2.24. The van der Waals surface area contributed by atoms with Crippen molar-refractivity contribution in [2.75, 3.05) is 6.86 Å². The fraction of sp³-hybridized carbons (Fsp3) is 0.400. The van der Waals surface area contributed by atoms with Gasteiger partial charge in [0.25, 0.3) is 0 Å². The molecule has 0 aromatic heterocycles. The van der Waals surface area contributed by atoms with Crippen LogP contribution in [0.5, 0.6) is 0 Å². The first-order chi connectivity index (χ1) is 4.89. The number of hydrogen-bond donors (Lipinski definition) is 0. The minimum atomic E-state index is -4.85. The third-order valence-corrected chi connectivity index (χ3v) is 0.774. The van der Waals surface area contributed by atoms with Crippen LogP contribution in [0.4, 0.5) is 17.6 Å². The van der Waals surface area contributed by atoms with Gasteiger partial charge in [0.05, 0.1) is 0 Å². The largest absolute Gasteiger partial charge is 0.430 e. The van der Waals surface area contributed by atoms with E-state index in [4.69, 9.17) is 0 Å². The summed E-state index contributed by atoms with van der Waals surface area (Å²) in [6.45, 7) is 0.789. The van der Waals surface area contributed by atoms with Gasteiger partial charge in [0.1, 0.15) is 5.57 Å². The fourth-order valence-corrected chi connectivity index (χ4v) is 0.252. The molecule has 2 nitrogen and oxygen atoms in total. The Hall–Kier alpha value is -1.07. The van der Waals surface area contributed by atoms with Crippen LogP contribution < -0.4 is 0 Å². The highest BCUT2D eigenvalue weighted by atomic mass is 19.4. The van der Waals surface area contributed by atoms with Crippen LogP contribution in [0.15, 0.2) is 12.2 Å². The molecule has 0 saturated carbocycles. The molecule has 0 aliphatic rings. The van der Waals surface area contributed by atoms with Crippen molar-refractivity contribution in [3.8, 4) is 0 Å². The Morgan fingerprint density at radius 1 is 1.45 bits per heavy atom. The first-order valence-corrected chi connectivity index (χ1v) is 2.38. The van der Waals surface area contributed by atoms with Crippen LogP contribution in [-0.4, -0.2) is 19.0 Å². The molecule has 0 N–H and O–H groups in total. The average Bonchev–Trinajstić information content (AvgIpc) is 1.85. The van der Waals surface area contributed by atoms with Gasteiger partial charge in [0.15, 0.2) is 0 Å². The van der Waals surface area contributed by atoms with Gasteiger partial charge in [-0.15, -0.1) is 0 Å². The topological polar surface area (TPSA) is 26.3 Å². The van der Waals surface area contributed by atoms with Gasteiger partial charge in [-0.3, -0.25) is 0 Å². The SMILES string of the molecule is C=C(C(=O)OCF)C(F)(F)F. The highest BCUT2D eigenvalue weighted by Gasteiger charge is 2.37. The monoisotopic (exact) mass is 172 g/mol. The van der Waals surface area contributed by atoms with Crippen LogP contribution >= 0.6 is 0 Å². The van der Waals surface area contributed by atoms with Gasteiger partial charge in [-0.05, 0) is 0 Å². The van der Waals surface area contributed by atoms with Gasteiger partial charge < -0.3 is 4.74 Å². The van der Waals surface area contributed by atoms with E-state index in [-0.39, 0.29) is 0 Å². The standard InChI is InChI=1S/C5H4F4O2/c1-3(5(7,8)9)4(10)11-2-6/h1-2H2. The lowest BCUT2D eigenvalue weighted by molar-refractivity contribution is -0.154. The summed E-state index contributed by atoms with van der Waals surface area (Å²) in [4.78, 5) is 10.1. The van der Waals surface area contributed by atoms with Crippen molar-refractivity contribution in [2.45, 2.75) is 6.18 Å². The third-order valence-electron chi connectivity index (χ3n) is 0.774. The minimum absolute atomic E-state index is 1.59. The van der Waals surface area contributed by atoms with E-state index in [2.05, 4.69) is 11.3 Å². The lowest BCUT2D eigenvalue weighted by Crippen LogP contribution is -2.20. The van der Waals surface area contributed by atoms with E-state index in [0.717, 1.165) is 0 Å². The second-order valence-corrected chi connectivity index (χ2v) is 1.52. The molecule has 0 aromatic rings. The van der Waals surface area contributed by atoms with E-state index in [1.165, 1.54) is 0 Å². The van der Waals surface area contributed by atoms with Crippen molar-refractivity contribution in [3.05, 3.63) is 12.2 Å². The second-order valence-electron chi connectivity index (χ2n) is 1.52.